The topological polar surface area (TPSA) is 133 Å². The third kappa shape index (κ3) is 11.1. The lowest BCUT2D eigenvalue weighted by Gasteiger charge is -2.23. The molecule has 3 N–H and O–H groups in total. The van der Waals surface area contributed by atoms with E-state index >= 15 is 0 Å². The molecule has 0 amide bonds. The summed E-state index contributed by atoms with van der Waals surface area (Å²) in [5, 5.41) is 14.1. The Kier molecular flexibility index (Phi) is 12.7. The molecule has 0 bridgehead atoms. The number of methoxy groups -OCH3 is 1. The number of rotatable bonds is 16. The van der Waals surface area contributed by atoms with Crippen molar-refractivity contribution in [2.45, 2.75) is 83.1 Å². The Balaban J connectivity index is 1.35. The molecule has 0 aliphatic heterocycles. The Labute approximate surface area is 295 Å². The highest BCUT2D eigenvalue weighted by atomic mass is 31.2. The minimum absolute atomic E-state index is 0.0825. The first-order valence-corrected chi connectivity index (χ1v) is 18.6. The molecule has 10 nitrogen and oxygen atoms in total. The van der Waals surface area contributed by atoms with Gasteiger partial charge in [0.2, 0.25) is 0 Å². The van der Waals surface area contributed by atoms with Gasteiger partial charge in [-0.3, -0.25) is 9.09 Å². The number of ether oxygens (including phenoxy) is 3. The van der Waals surface area contributed by atoms with Crippen molar-refractivity contribution in [3.8, 4) is 17.2 Å². The minimum atomic E-state index is -4.97. The van der Waals surface area contributed by atoms with Crippen molar-refractivity contribution in [3.05, 3.63) is 119 Å². The van der Waals surface area contributed by atoms with Gasteiger partial charge in [-0.2, -0.15) is 0 Å². The quantitative estimate of drug-likeness (QED) is 0.0734. The number of aromatic nitrogens is 1. The van der Waals surface area contributed by atoms with Crippen molar-refractivity contribution in [3.63, 3.8) is 0 Å². The van der Waals surface area contributed by atoms with Crippen LogP contribution in [0.25, 0.3) is 0 Å². The van der Waals surface area contributed by atoms with Gasteiger partial charge in [0, 0.05) is 30.1 Å². The van der Waals surface area contributed by atoms with Gasteiger partial charge in [0.1, 0.15) is 5.75 Å². The van der Waals surface area contributed by atoms with Gasteiger partial charge in [-0.25, -0.2) is 4.57 Å². The number of hydrogen-bond donors (Lipinski definition) is 3. The van der Waals surface area contributed by atoms with Crippen LogP contribution in [0.4, 0.5) is 0 Å². The summed E-state index contributed by atoms with van der Waals surface area (Å²) in [6.45, 7) is 6.05. The SMILES string of the molecule is COc1ccc(C(Cc2cc[n+](Cc3ccc(C(O)CNC(C)(C)C)cc3OCOP(=O)([O-])O)cc2)c2ccccc2)cc1OC1CCCC1. The molecule has 3 unspecified atom stereocenters. The predicted octanol–water partition coefficient (Wildman–Crippen LogP) is 5.96. The average Bonchev–Trinajstić information content (AvgIpc) is 3.60. The zero-order valence-corrected chi connectivity index (χ0v) is 30.2. The van der Waals surface area contributed by atoms with E-state index in [2.05, 4.69) is 58.4 Å². The van der Waals surface area contributed by atoms with Gasteiger partial charge < -0.3 is 34.4 Å². The molecule has 0 spiro atoms. The van der Waals surface area contributed by atoms with Crippen LogP contribution in [0.1, 0.15) is 86.3 Å². The molecule has 1 heterocycles. The molecule has 0 radical (unpaired) electrons. The van der Waals surface area contributed by atoms with Crippen LogP contribution in [0, 0.1) is 0 Å². The second kappa shape index (κ2) is 17.0. The van der Waals surface area contributed by atoms with Crippen LogP contribution < -0.4 is 29.0 Å². The summed E-state index contributed by atoms with van der Waals surface area (Å²) in [5.41, 5.74) is 4.65. The molecule has 1 aliphatic rings. The standard InChI is InChI=1S/C39H49N2O8P/c1-39(2,3)40-25-35(42)31-14-15-32(37(24-31)47-27-48-50(43,44)45)26-41-20-18-28(19-21-41)22-34(29-10-6-5-7-11-29)30-16-17-36(46-4)38(23-30)49-33-12-8-9-13-33/h5-7,10-11,14-21,23-24,33-35,40,42H,8-9,12-13,22,25-27H2,1-4H3,(H-,43,44,45). The Morgan fingerprint density at radius 2 is 1.60 bits per heavy atom. The molecule has 1 fully saturated rings. The first kappa shape index (κ1) is 37.5. The zero-order chi connectivity index (χ0) is 35.7. The maximum absolute atomic E-state index is 11.2. The van der Waals surface area contributed by atoms with Crippen LogP contribution in [0.2, 0.25) is 0 Å². The molecule has 268 valence electrons. The number of phosphoric acid groups is 1. The highest BCUT2D eigenvalue weighted by molar-refractivity contribution is 7.44. The number of phosphoric ester groups is 1. The summed E-state index contributed by atoms with van der Waals surface area (Å²) < 4.78 is 35.4. The maximum Gasteiger partial charge on any atom is 0.268 e. The van der Waals surface area contributed by atoms with E-state index in [1.165, 1.54) is 18.4 Å². The third-order valence-corrected chi connectivity index (χ3v) is 9.30. The van der Waals surface area contributed by atoms with Gasteiger partial charge in [0.15, 0.2) is 37.2 Å². The minimum Gasteiger partial charge on any atom is -0.756 e. The van der Waals surface area contributed by atoms with E-state index in [-0.39, 0.29) is 17.6 Å². The number of nitrogens with one attached hydrogen (secondary N) is 1. The molecule has 0 saturated heterocycles. The predicted molar refractivity (Wildman–Crippen MR) is 189 cm³/mol. The van der Waals surface area contributed by atoms with Gasteiger partial charge in [0.05, 0.1) is 24.9 Å². The average molecular weight is 705 g/mol. The first-order valence-electron chi connectivity index (χ1n) is 17.1. The van der Waals surface area contributed by atoms with Crippen LogP contribution in [-0.4, -0.2) is 42.1 Å². The molecule has 4 aromatic rings. The van der Waals surface area contributed by atoms with Gasteiger partial charge in [-0.1, -0.05) is 42.5 Å². The van der Waals surface area contributed by atoms with Gasteiger partial charge in [-0.05, 0) is 99.4 Å². The lowest BCUT2D eigenvalue weighted by Crippen LogP contribution is -2.38. The van der Waals surface area contributed by atoms with Crippen molar-refractivity contribution >= 4 is 7.82 Å². The Morgan fingerprint density at radius 3 is 2.26 bits per heavy atom. The lowest BCUT2D eigenvalue weighted by atomic mass is 9.86. The van der Waals surface area contributed by atoms with E-state index in [1.54, 1.807) is 13.2 Å². The smallest absolute Gasteiger partial charge is 0.268 e. The molecular weight excluding hydrogens is 655 g/mol. The van der Waals surface area contributed by atoms with E-state index in [0.717, 1.165) is 47.5 Å². The number of pyridine rings is 1. The number of nitrogens with zero attached hydrogens (tertiary/aromatic N) is 1. The second-order valence-corrected chi connectivity index (χ2v) is 15.0. The molecule has 1 saturated carbocycles. The van der Waals surface area contributed by atoms with Gasteiger partial charge in [0.25, 0.3) is 7.82 Å². The number of β-amino-alcohol motifs (C(OH)–C–C–N with tert-alkyl or cyclic N) is 1. The largest absolute Gasteiger partial charge is 0.756 e. The molecule has 11 heteroatoms. The van der Waals surface area contributed by atoms with Crippen LogP contribution in [0.5, 0.6) is 17.2 Å². The second-order valence-electron chi connectivity index (χ2n) is 13.9. The Bertz CT molecular complexity index is 1720. The molecule has 3 aromatic carbocycles. The molecule has 5 rings (SSSR count). The van der Waals surface area contributed by atoms with E-state index in [1.807, 2.05) is 62.0 Å². The van der Waals surface area contributed by atoms with E-state index < -0.39 is 20.7 Å². The monoisotopic (exact) mass is 704 g/mol. The lowest BCUT2D eigenvalue weighted by molar-refractivity contribution is -0.688. The number of aliphatic hydroxyl groups excluding tert-OH is 1. The van der Waals surface area contributed by atoms with E-state index in [4.69, 9.17) is 19.1 Å². The van der Waals surface area contributed by atoms with E-state index in [9.17, 15) is 14.6 Å². The number of hydrogen-bond acceptors (Lipinski definition) is 8. The molecule has 1 aromatic heterocycles. The zero-order valence-electron chi connectivity index (χ0n) is 29.3. The summed E-state index contributed by atoms with van der Waals surface area (Å²) in [5.74, 6) is 1.94. The summed E-state index contributed by atoms with van der Waals surface area (Å²) in [4.78, 5) is 20.2. The highest BCUT2D eigenvalue weighted by Crippen LogP contribution is 2.37. The molecule has 3 atom stereocenters. The fourth-order valence-corrected chi connectivity index (χ4v) is 6.37. The van der Waals surface area contributed by atoms with Crippen molar-refractivity contribution in [2.75, 3.05) is 20.4 Å². The summed E-state index contributed by atoms with van der Waals surface area (Å²) in [7, 11) is -3.30. The van der Waals surface area contributed by atoms with Gasteiger partial charge >= 0.3 is 0 Å². The van der Waals surface area contributed by atoms with Crippen LogP contribution in [0.15, 0.2) is 91.3 Å². The van der Waals surface area contributed by atoms with Crippen molar-refractivity contribution in [1.29, 1.82) is 0 Å². The summed E-state index contributed by atoms with van der Waals surface area (Å²) in [6.07, 6.45) is 8.65. The highest BCUT2D eigenvalue weighted by Gasteiger charge is 2.23. The van der Waals surface area contributed by atoms with Gasteiger partial charge in [-0.15, -0.1) is 0 Å². The molecule has 50 heavy (non-hydrogen) atoms. The molecule has 1 aliphatic carbocycles. The van der Waals surface area contributed by atoms with Crippen molar-refractivity contribution < 1.29 is 42.8 Å². The third-order valence-electron chi connectivity index (χ3n) is 8.87. The van der Waals surface area contributed by atoms with Crippen LogP contribution >= 0.6 is 7.82 Å². The fraction of sp³-hybridized carbons (Fsp3) is 0.410. The number of benzene rings is 3. The summed E-state index contributed by atoms with van der Waals surface area (Å²) in [6, 6.07) is 26.2. The van der Waals surface area contributed by atoms with Crippen LogP contribution in [0.3, 0.4) is 0 Å². The van der Waals surface area contributed by atoms with Crippen molar-refractivity contribution in [2.24, 2.45) is 0 Å². The van der Waals surface area contributed by atoms with Crippen molar-refractivity contribution in [1.82, 2.24) is 5.32 Å². The Morgan fingerprint density at radius 1 is 0.920 bits per heavy atom. The normalized spacial score (nSPS) is 16.1. The molecular formula is C39H49N2O8P. The fourth-order valence-electron chi connectivity index (χ4n) is 6.18. The van der Waals surface area contributed by atoms with E-state index in [0.29, 0.717) is 24.4 Å². The first-order chi connectivity index (χ1) is 23.9. The Hall–Kier alpha value is -3.76. The summed E-state index contributed by atoms with van der Waals surface area (Å²) >= 11 is 0. The number of aliphatic hydroxyl groups is 1. The maximum atomic E-state index is 11.2. The van der Waals surface area contributed by atoms with Crippen LogP contribution in [-0.2, 0) is 22.1 Å².